The maximum absolute atomic E-state index is 12.5. The van der Waals surface area contributed by atoms with E-state index < -0.39 is 0 Å². The molecule has 1 aliphatic rings. The fraction of sp³-hybridized carbons (Fsp3) is 0.133. The molecule has 90 valence electrons. The highest BCUT2D eigenvalue weighted by atomic mass is 79.9. The number of ketones is 1. The van der Waals surface area contributed by atoms with Crippen LogP contribution >= 0.6 is 15.9 Å². The van der Waals surface area contributed by atoms with Gasteiger partial charge in [-0.15, -0.1) is 0 Å². The third kappa shape index (κ3) is 1.66. The number of carbonyl (C=O) groups excluding carboxylic acids is 1. The maximum atomic E-state index is 12.5. The average molecular weight is 303 g/mol. The van der Waals surface area contributed by atoms with Gasteiger partial charge in [0.15, 0.2) is 5.78 Å². The van der Waals surface area contributed by atoms with E-state index in [2.05, 4.69) is 15.9 Å². The quantitative estimate of drug-likeness (QED) is 0.686. The summed E-state index contributed by atoms with van der Waals surface area (Å²) in [7, 11) is 1.64. The molecule has 0 aliphatic heterocycles. The Kier molecular flexibility index (Phi) is 2.71. The Morgan fingerprint density at radius 1 is 1.17 bits per heavy atom. The first kappa shape index (κ1) is 11.5. The maximum Gasteiger partial charge on any atom is 0.193 e. The summed E-state index contributed by atoms with van der Waals surface area (Å²) in [6.45, 7) is 0. The first-order chi connectivity index (χ1) is 8.70. The smallest absolute Gasteiger partial charge is 0.193 e. The average Bonchev–Trinajstić information content (AvgIpc) is 2.39. The highest BCUT2D eigenvalue weighted by molar-refractivity contribution is 9.10. The summed E-state index contributed by atoms with van der Waals surface area (Å²) in [5.41, 5.74) is 3.57. The van der Waals surface area contributed by atoms with Crippen LogP contribution in [0.4, 0.5) is 0 Å². The number of fused-ring (bicyclic) bond motifs is 2. The van der Waals surface area contributed by atoms with Gasteiger partial charge in [0.2, 0.25) is 0 Å². The lowest BCUT2D eigenvalue weighted by atomic mass is 9.84. The molecular weight excluding hydrogens is 292 g/mol. The van der Waals surface area contributed by atoms with E-state index in [0.29, 0.717) is 0 Å². The van der Waals surface area contributed by atoms with E-state index in [0.717, 1.165) is 38.9 Å². The van der Waals surface area contributed by atoms with Gasteiger partial charge in [0.25, 0.3) is 0 Å². The second-order valence-electron chi connectivity index (χ2n) is 4.29. The van der Waals surface area contributed by atoms with Crippen molar-refractivity contribution in [2.75, 3.05) is 7.11 Å². The number of carbonyl (C=O) groups is 1. The molecule has 0 atom stereocenters. The standard InChI is InChI=1S/C15H11BrO2/c1-18-14-4-2-3-11-13(14)7-9-5-6-10(16)8-12(9)15(11)17/h2-6,8H,7H2,1H3. The number of rotatable bonds is 1. The van der Waals surface area contributed by atoms with Crippen molar-refractivity contribution >= 4 is 21.7 Å². The topological polar surface area (TPSA) is 26.3 Å². The summed E-state index contributed by atoms with van der Waals surface area (Å²) in [5.74, 6) is 0.862. The monoisotopic (exact) mass is 302 g/mol. The number of benzene rings is 2. The summed E-state index contributed by atoms with van der Waals surface area (Å²) >= 11 is 3.41. The van der Waals surface area contributed by atoms with Crippen LogP contribution in [0.15, 0.2) is 40.9 Å². The van der Waals surface area contributed by atoms with Crippen LogP contribution in [-0.2, 0) is 6.42 Å². The zero-order valence-corrected chi connectivity index (χ0v) is 11.5. The van der Waals surface area contributed by atoms with Crippen molar-refractivity contribution in [3.63, 3.8) is 0 Å². The molecule has 0 fully saturated rings. The SMILES string of the molecule is COc1cccc2c1Cc1ccc(Br)cc1C2=O. The van der Waals surface area contributed by atoms with Crippen molar-refractivity contribution in [3.8, 4) is 5.75 Å². The minimum absolute atomic E-state index is 0.0754. The Bertz CT molecular complexity index is 647. The summed E-state index contributed by atoms with van der Waals surface area (Å²) < 4.78 is 6.27. The van der Waals surface area contributed by atoms with Gasteiger partial charge in [0, 0.05) is 27.6 Å². The predicted octanol–water partition coefficient (Wildman–Crippen LogP) is 3.59. The van der Waals surface area contributed by atoms with Gasteiger partial charge < -0.3 is 4.74 Å². The lowest BCUT2D eigenvalue weighted by Gasteiger charge is -2.20. The van der Waals surface area contributed by atoms with E-state index in [-0.39, 0.29) is 5.78 Å². The fourth-order valence-corrected chi connectivity index (χ4v) is 2.76. The highest BCUT2D eigenvalue weighted by Gasteiger charge is 2.25. The van der Waals surface area contributed by atoms with Crippen LogP contribution in [0.3, 0.4) is 0 Å². The predicted molar refractivity (Wildman–Crippen MR) is 73.4 cm³/mol. The number of hydrogen-bond donors (Lipinski definition) is 0. The van der Waals surface area contributed by atoms with Gasteiger partial charge in [0.1, 0.15) is 5.75 Å². The lowest BCUT2D eigenvalue weighted by molar-refractivity contribution is 0.103. The van der Waals surface area contributed by atoms with E-state index in [4.69, 9.17) is 4.74 Å². The zero-order chi connectivity index (χ0) is 12.7. The molecule has 3 heteroatoms. The van der Waals surface area contributed by atoms with E-state index in [1.54, 1.807) is 7.11 Å². The number of methoxy groups -OCH3 is 1. The van der Waals surface area contributed by atoms with Crippen LogP contribution in [0.1, 0.15) is 27.0 Å². The molecule has 2 aromatic rings. The molecule has 0 aromatic heterocycles. The molecule has 0 bridgehead atoms. The second-order valence-corrected chi connectivity index (χ2v) is 5.21. The van der Waals surface area contributed by atoms with Gasteiger partial charge in [-0.2, -0.15) is 0 Å². The molecule has 0 saturated heterocycles. The molecule has 0 radical (unpaired) electrons. The summed E-state index contributed by atoms with van der Waals surface area (Å²) in [4.78, 5) is 12.5. The van der Waals surface area contributed by atoms with Crippen LogP contribution in [0.25, 0.3) is 0 Å². The van der Waals surface area contributed by atoms with E-state index >= 15 is 0 Å². The van der Waals surface area contributed by atoms with Gasteiger partial charge in [0.05, 0.1) is 7.11 Å². The zero-order valence-electron chi connectivity index (χ0n) is 9.87. The van der Waals surface area contributed by atoms with Crippen molar-refractivity contribution in [1.29, 1.82) is 0 Å². The molecule has 0 amide bonds. The Morgan fingerprint density at radius 2 is 2.00 bits per heavy atom. The van der Waals surface area contributed by atoms with Gasteiger partial charge >= 0.3 is 0 Å². The summed E-state index contributed by atoms with van der Waals surface area (Å²) in [6, 6.07) is 11.5. The first-order valence-corrected chi connectivity index (χ1v) is 6.49. The Hall–Kier alpha value is -1.61. The van der Waals surface area contributed by atoms with E-state index in [1.807, 2.05) is 36.4 Å². The van der Waals surface area contributed by atoms with Crippen LogP contribution in [0.2, 0.25) is 0 Å². The third-order valence-corrected chi connectivity index (χ3v) is 3.77. The van der Waals surface area contributed by atoms with Gasteiger partial charge in [-0.1, -0.05) is 34.1 Å². The number of halogens is 1. The number of hydrogen-bond acceptors (Lipinski definition) is 2. The van der Waals surface area contributed by atoms with Crippen LogP contribution in [0.5, 0.6) is 5.75 Å². The molecule has 1 aliphatic carbocycles. The van der Waals surface area contributed by atoms with Crippen LogP contribution < -0.4 is 4.74 Å². The van der Waals surface area contributed by atoms with E-state index in [1.165, 1.54) is 0 Å². The third-order valence-electron chi connectivity index (χ3n) is 3.28. The Labute approximate surface area is 114 Å². The molecule has 2 aromatic carbocycles. The molecular formula is C15H11BrO2. The Balaban J connectivity index is 2.22. The minimum atomic E-state index is 0.0754. The summed E-state index contributed by atoms with van der Waals surface area (Å²) in [6.07, 6.45) is 0.744. The Morgan fingerprint density at radius 3 is 2.78 bits per heavy atom. The van der Waals surface area contributed by atoms with E-state index in [9.17, 15) is 4.79 Å². The fourth-order valence-electron chi connectivity index (χ4n) is 2.40. The molecule has 0 spiro atoms. The van der Waals surface area contributed by atoms with Crippen molar-refractivity contribution in [1.82, 2.24) is 0 Å². The van der Waals surface area contributed by atoms with Gasteiger partial charge in [-0.05, 0) is 23.8 Å². The normalized spacial score (nSPS) is 12.9. The van der Waals surface area contributed by atoms with Gasteiger partial charge in [-0.25, -0.2) is 0 Å². The lowest BCUT2D eigenvalue weighted by Crippen LogP contribution is -2.15. The molecule has 18 heavy (non-hydrogen) atoms. The second kappa shape index (κ2) is 4.25. The largest absolute Gasteiger partial charge is 0.496 e. The molecule has 0 unspecified atom stereocenters. The molecule has 0 heterocycles. The summed E-state index contributed by atoms with van der Waals surface area (Å²) in [5, 5.41) is 0. The molecule has 2 nitrogen and oxygen atoms in total. The molecule has 3 rings (SSSR count). The van der Waals surface area contributed by atoms with Crippen molar-refractivity contribution in [2.24, 2.45) is 0 Å². The minimum Gasteiger partial charge on any atom is -0.496 e. The van der Waals surface area contributed by atoms with Gasteiger partial charge in [-0.3, -0.25) is 4.79 Å². The molecule has 0 saturated carbocycles. The van der Waals surface area contributed by atoms with Crippen molar-refractivity contribution < 1.29 is 9.53 Å². The van der Waals surface area contributed by atoms with Crippen molar-refractivity contribution in [3.05, 3.63) is 63.1 Å². The number of ether oxygens (including phenoxy) is 1. The van der Waals surface area contributed by atoms with Crippen molar-refractivity contribution in [2.45, 2.75) is 6.42 Å². The highest BCUT2D eigenvalue weighted by Crippen LogP contribution is 2.33. The van der Waals surface area contributed by atoms with Crippen LogP contribution in [-0.4, -0.2) is 12.9 Å². The first-order valence-electron chi connectivity index (χ1n) is 5.69. The molecule has 0 N–H and O–H groups in total. The van der Waals surface area contributed by atoms with Crippen LogP contribution in [0, 0.1) is 0 Å².